The molecular weight excluding hydrogens is 286 g/mol. The zero-order valence-corrected chi connectivity index (χ0v) is 9.26. The third-order valence-corrected chi connectivity index (χ3v) is 3.01. The van der Waals surface area contributed by atoms with Crippen molar-refractivity contribution in [1.29, 1.82) is 0 Å². The van der Waals surface area contributed by atoms with Crippen molar-refractivity contribution in [2.24, 2.45) is 0 Å². The first-order chi connectivity index (χ1) is 7.64. The summed E-state index contributed by atoms with van der Waals surface area (Å²) in [5.41, 5.74) is -3.92. The van der Waals surface area contributed by atoms with Crippen LogP contribution in [0.25, 0.3) is 0 Å². The van der Waals surface area contributed by atoms with Gasteiger partial charge in [-0.1, -0.05) is 0 Å². The van der Waals surface area contributed by atoms with Crippen LogP contribution in [0.15, 0.2) is 15.8 Å². The summed E-state index contributed by atoms with van der Waals surface area (Å²) in [5.74, 6) is 0. The van der Waals surface area contributed by atoms with E-state index in [9.17, 15) is 32.1 Å². The first-order valence-corrected chi connectivity index (χ1v) is 6.10. The summed E-state index contributed by atoms with van der Waals surface area (Å²) in [6, 6.07) is 0.251. The number of nitro groups is 1. The maximum atomic E-state index is 12.2. The van der Waals surface area contributed by atoms with Gasteiger partial charge < -0.3 is 4.98 Å². The van der Waals surface area contributed by atoms with Crippen LogP contribution < -0.4 is 5.56 Å². The highest BCUT2D eigenvalue weighted by atomic mass is 35.7. The topological polar surface area (TPSA) is 110 Å². The minimum absolute atomic E-state index is 0.251. The highest BCUT2D eigenvalue weighted by Gasteiger charge is 2.30. The molecule has 0 aromatic carbocycles. The number of nitrogens with one attached hydrogen (secondary N) is 1. The van der Waals surface area contributed by atoms with E-state index in [1.54, 1.807) is 0 Å². The maximum Gasteiger partial charge on any atom is 0.296 e. The summed E-state index contributed by atoms with van der Waals surface area (Å²) < 4.78 is 46.3. The number of hydrogen-bond donors (Lipinski definition) is 1. The Labute approximate surface area is 96.6 Å². The number of hydrogen-bond acceptors (Lipinski definition) is 5. The standard InChI is InChI=1S/C6H3ClF2N2O5S/c7-17(15,16)4-3(11(13)14)1-2(5(8)9)10-6(4)12/h1,5H,(H,10,12). The fourth-order valence-corrected chi connectivity index (χ4v) is 2.15. The summed E-state index contributed by atoms with van der Waals surface area (Å²) in [5, 5.41) is 10.5. The van der Waals surface area contributed by atoms with E-state index in [1.165, 1.54) is 4.98 Å². The predicted octanol–water partition coefficient (Wildman–Crippen LogP) is 1.15. The van der Waals surface area contributed by atoms with Crippen molar-refractivity contribution in [2.45, 2.75) is 11.3 Å². The average molecular weight is 289 g/mol. The molecule has 17 heavy (non-hydrogen) atoms. The first kappa shape index (κ1) is 13.5. The van der Waals surface area contributed by atoms with E-state index in [2.05, 4.69) is 0 Å². The molecular formula is C6H3ClF2N2O5S. The summed E-state index contributed by atoms with van der Waals surface area (Å²) in [7, 11) is 0.0955. The second-order valence-corrected chi connectivity index (χ2v) is 5.27. The molecule has 0 radical (unpaired) electrons. The van der Waals surface area contributed by atoms with Crippen LogP contribution >= 0.6 is 10.7 Å². The average Bonchev–Trinajstić information content (AvgIpc) is 2.13. The molecule has 1 rings (SSSR count). The van der Waals surface area contributed by atoms with Gasteiger partial charge in [0.15, 0.2) is 0 Å². The maximum absolute atomic E-state index is 12.2. The van der Waals surface area contributed by atoms with Crippen molar-refractivity contribution in [1.82, 2.24) is 4.98 Å². The molecule has 0 aliphatic heterocycles. The minimum Gasteiger partial charge on any atom is -0.319 e. The Morgan fingerprint density at radius 3 is 2.35 bits per heavy atom. The van der Waals surface area contributed by atoms with Crippen molar-refractivity contribution in [3.8, 4) is 0 Å². The normalized spacial score (nSPS) is 11.8. The van der Waals surface area contributed by atoms with E-state index in [1.807, 2.05) is 0 Å². The molecule has 7 nitrogen and oxygen atoms in total. The number of alkyl halides is 2. The molecule has 0 atom stereocenters. The van der Waals surface area contributed by atoms with Crippen LogP contribution in [-0.2, 0) is 9.05 Å². The zero-order valence-electron chi connectivity index (χ0n) is 7.69. The molecule has 0 amide bonds. The number of aromatic nitrogens is 1. The molecule has 0 bridgehead atoms. The molecule has 0 fully saturated rings. The smallest absolute Gasteiger partial charge is 0.296 e. The van der Waals surface area contributed by atoms with E-state index in [4.69, 9.17) is 10.7 Å². The molecule has 1 heterocycles. The van der Waals surface area contributed by atoms with Gasteiger partial charge in [-0.2, -0.15) is 0 Å². The van der Waals surface area contributed by atoms with E-state index in [0.717, 1.165) is 0 Å². The summed E-state index contributed by atoms with van der Waals surface area (Å²) in [4.78, 5) is 20.5. The number of rotatable bonds is 3. The number of nitrogens with zero attached hydrogens (tertiary/aromatic N) is 1. The second-order valence-electron chi connectivity index (χ2n) is 2.76. The van der Waals surface area contributed by atoms with Crippen molar-refractivity contribution in [3.05, 3.63) is 32.2 Å². The molecule has 94 valence electrons. The van der Waals surface area contributed by atoms with Gasteiger partial charge in [0.1, 0.15) is 0 Å². The SMILES string of the molecule is O=c1[nH]c(C(F)F)cc([N+](=O)[O-])c1S(=O)(=O)Cl. The summed E-state index contributed by atoms with van der Waals surface area (Å²) in [6.07, 6.45) is -3.19. The Bertz CT molecular complexity index is 626. The van der Waals surface area contributed by atoms with E-state index < -0.39 is 42.2 Å². The van der Waals surface area contributed by atoms with E-state index in [0.29, 0.717) is 0 Å². The van der Waals surface area contributed by atoms with Crippen LogP contribution in [-0.4, -0.2) is 18.3 Å². The Hall–Kier alpha value is -1.55. The number of aromatic amines is 1. The molecule has 0 saturated carbocycles. The van der Waals surface area contributed by atoms with Gasteiger partial charge in [0.25, 0.3) is 26.7 Å². The van der Waals surface area contributed by atoms with Crippen molar-refractivity contribution < 1.29 is 22.1 Å². The van der Waals surface area contributed by atoms with Gasteiger partial charge in [-0.05, 0) is 0 Å². The van der Waals surface area contributed by atoms with Gasteiger partial charge in [-0.15, -0.1) is 0 Å². The Morgan fingerprint density at radius 2 is 2.00 bits per heavy atom. The summed E-state index contributed by atoms with van der Waals surface area (Å²) in [6.45, 7) is 0. The van der Waals surface area contributed by atoms with E-state index >= 15 is 0 Å². The molecule has 1 aromatic rings. The van der Waals surface area contributed by atoms with Crippen LogP contribution in [0.4, 0.5) is 14.5 Å². The van der Waals surface area contributed by atoms with Gasteiger partial charge in [0, 0.05) is 16.7 Å². The fraction of sp³-hybridized carbons (Fsp3) is 0.167. The van der Waals surface area contributed by atoms with Crippen LogP contribution in [0, 0.1) is 10.1 Å². The lowest BCUT2D eigenvalue weighted by molar-refractivity contribution is -0.388. The number of H-pyrrole nitrogens is 1. The van der Waals surface area contributed by atoms with Crippen LogP contribution in [0.5, 0.6) is 0 Å². The highest BCUT2D eigenvalue weighted by molar-refractivity contribution is 8.13. The highest BCUT2D eigenvalue weighted by Crippen LogP contribution is 2.26. The molecule has 0 aliphatic rings. The predicted molar refractivity (Wildman–Crippen MR) is 51.7 cm³/mol. The molecule has 0 spiro atoms. The van der Waals surface area contributed by atoms with Gasteiger partial charge >= 0.3 is 0 Å². The lowest BCUT2D eigenvalue weighted by Crippen LogP contribution is -2.19. The quantitative estimate of drug-likeness (QED) is 0.509. The summed E-state index contributed by atoms with van der Waals surface area (Å²) >= 11 is 0. The lowest BCUT2D eigenvalue weighted by atomic mass is 10.3. The Morgan fingerprint density at radius 1 is 1.47 bits per heavy atom. The Balaban J connectivity index is 3.74. The molecule has 0 unspecified atom stereocenters. The van der Waals surface area contributed by atoms with Gasteiger partial charge in [-0.25, -0.2) is 17.2 Å². The van der Waals surface area contributed by atoms with Gasteiger partial charge in [0.2, 0.25) is 4.90 Å². The number of pyridine rings is 1. The first-order valence-electron chi connectivity index (χ1n) is 3.79. The van der Waals surface area contributed by atoms with Gasteiger partial charge in [0.05, 0.1) is 10.6 Å². The molecule has 0 saturated heterocycles. The molecule has 1 N–H and O–H groups in total. The van der Waals surface area contributed by atoms with Crippen LogP contribution in [0.2, 0.25) is 0 Å². The minimum atomic E-state index is -4.71. The Kier molecular flexibility index (Phi) is 3.48. The van der Waals surface area contributed by atoms with E-state index in [-0.39, 0.29) is 6.07 Å². The monoisotopic (exact) mass is 288 g/mol. The zero-order chi connectivity index (χ0) is 13.4. The third kappa shape index (κ3) is 2.77. The van der Waals surface area contributed by atoms with Gasteiger partial charge in [-0.3, -0.25) is 14.9 Å². The van der Waals surface area contributed by atoms with Crippen molar-refractivity contribution in [3.63, 3.8) is 0 Å². The van der Waals surface area contributed by atoms with Crippen molar-refractivity contribution >= 4 is 25.4 Å². The lowest BCUT2D eigenvalue weighted by Gasteiger charge is -2.02. The number of halogens is 3. The second kappa shape index (κ2) is 4.37. The fourth-order valence-electron chi connectivity index (χ4n) is 1.04. The van der Waals surface area contributed by atoms with Crippen LogP contribution in [0.3, 0.4) is 0 Å². The molecule has 11 heteroatoms. The van der Waals surface area contributed by atoms with Crippen molar-refractivity contribution in [2.75, 3.05) is 0 Å². The third-order valence-electron chi connectivity index (χ3n) is 1.66. The van der Waals surface area contributed by atoms with Crippen LogP contribution in [0.1, 0.15) is 12.1 Å². The molecule has 1 aromatic heterocycles. The largest absolute Gasteiger partial charge is 0.319 e. The molecule has 0 aliphatic carbocycles.